The van der Waals surface area contributed by atoms with Gasteiger partial charge < -0.3 is 9.80 Å². The highest BCUT2D eigenvalue weighted by Crippen LogP contribution is 2.31. The van der Waals surface area contributed by atoms with Gasteiger partial charge in [0.15, 0.2) is 0 Å². The molecule has 2 bridgehead atoms. The maximum absolute atomic E-state index is 13.2. The van der Waals surface area contributed by atoms with Gasteiger partial charge in [-0.1, -0.05) is 13.0 Å². The van der Waals surface area contributed by atoms with E-state index >= 15 is 0 Å². The van der Waals surface area contributed by atoms with Gasteiger partial charge in [0.2, 0.25) is 5.91 Å². The summed E-state index contributed by atoms with van der Waals surface area (Å²) in [5.41, 5.74) is 2.60. The predicted molar refractivity (Wildman–Crippen MR) is 112 cm³/mol. The minimum atomic E-state index is 0.0749. The molecule has 6 rings (SSSR count). The number of aryl methyl sites for hydroxylation is 1. The molecule has 2 amide bonds. The lowest BCUT2D eigenvalue weighted by molar-refractivity contribution is -0.143. The molecule has 4 aliphatic heterocycles. The zero-order chi connectivity index (χ0) is 20.1. The molecule has 0 N–H and O–H groups in total. The minimum Gasteiger partial charge on any atom is -0.335 e. The van der Waals surface area contributed by atoms with Gasteiger partial charge in [-0.2, -0.15) is 0 Å². The molecule has 4 aliphatic rings. The van der Waals surface area contributed by atoms with Crippen molar-refractivity contribution >= 4 is 22.7 Å². The molecule has 2 aromatic rings. The highest BCUT2D eigenvalue weighted by molar-refractivity contribution is 5.98. The molecule has 6 heteroatoms. The second-order valence-electron chi connectivity index (χ2n) is 9.05. The van der Waals surface area contributed by atoms with Crippen molar-refractivity contribution in [3.63, 3.8) is 0 Å². The number of carbonyl (C=O) groups is 2. The topological polar surface area (TPSA) is 56.8 Å². The van der Waals surface area contributed by atoms with Crippen LogP contribution in [0.5, 0.6) is 0 Å². The van der Waals surface area contributed by atoms with E-state index < -0.39 is 0 Å². The van der Waals surface area contributed by atoms with E-state index in [0.717, 1.165) is 42.5 Å². The second-order valence-corrected chi connectivity index (χ2v) is 9.05. The number of hydrogen-bond acceptors (Lipinski definition) is 4. The normalized spacial score (nSPS) is 24.8. The molecule has 2 unspecified atom stereocenters. The van der Waals surface area contributed by atoms with Crippen LogP contribution in [0.25, 0.3) is 10.9 Å². The first-order valence-electron chi connectivity index (χ1n) is 10.7. The Morgan fingerprint density at radius 1 is 1.00 bits per heavy atom. The summed E-state index contributed by atoms with van der Waals surface area (Å²) in [7, 11) is 0. The van der Waals surface area contributed by atoms with E-state index in [1.807, 2.05) is 47.1 Å². The summed E-state index contributed by atoms with van der Waals surface area (Å²) >= 11 is 0. The van der Waals surface area contributed by atoms with Crippen LogP contribution in [0.4, 0.5) is 0 Å². The summed E-state index contributed by atoms with van der Waals surface area (Å²) < 4.78 is 0. The number of hydrogen-bond donors (Lipinski definition) is 0. The van der Waals surface area contributed by atoms with Crippen LogP contribution in [-0.2, 0) is 4.79 Å². The van der Waals surface area contributed by atoms with Gasteiger partial charge in [0.25, 0.3) is 5.91 Å². The number of pyridine rings is 1. The van der Waals surface area contributed by atoms with E-state index in [0.29, 0.717) is 31.1 Å². The third kappa shape index (κ3) is 3.39. The smallest absolute Gasteiger partial charge is 0.254 e. The predicted octanol–water partition coefficient (Wildman–Crippen LogP) is 2.31. The molecule has 0 spiro atoms. The van der Waals surface area contributed by atoms with Gasteiger partial charge in [-0.25, -0.2) is 0 Å². The van der Waals surface area contributed by atoms with Crippen molar-refractivity contribution in [3.8, 4) is 0 Å². The van der Waals surface area contributed by atoms with Crippen LogP contribution in [-0.4, -0.2) is 76.3 Å². The van der Waals surface area contributed by atoms with E-state index in [4.69, 9.17) is 0 Å². The van der Waals surface area contributed by atoms with E-state index in [9.17, 15) is 9.59 Å². The molecule has 5 heterocycles. The largest absolute Gasteiger partial charge is 0.335 e. The number of amides is 2. The van der Waals surface area contributed by atoms with Crippen LogP contribution >= 0.6 is 0 Å². The summed E-state index contributed by atoms with van der Waals surface area (Å²) in [4.78, 5) is 36.8. The lowest BCUT2D eigenvalue weighted by Crippen LogP contribution is -2.66. The number of piperidine rings is 2. The van der Waals surface area contributed by atoms with Crippen molar-refractivity contribution < 1.29 is 9.59 Å². The Labute approximate surface area is 171 Å². The Balaban J connectivity index is 1.29. The Morgan fingerprint density at radius 2 is 1.72 bits per heavy atom. The summed E-state index contributed by atoms with van der Waals surface area (Å²) in [6.07, 6.45) is 1.98. The molecule has 2 atom stereocenters. The van der Waals surface area contributed by atoms with Gasteiger partial charge in [0, 0.05) is 54.9 Å². The van der Waals surface area contributed by atoms with Gasteiger partial charge in [0.1, 0.15) is 0 Å². The Hall–Kier alpha value is -2.47. The van der Waals surface area contributed by atoms with E-state index in [-0.39, 0.29) is 23.9 Å². The van der Waals surface area contributed by atoms with Crippen LogP contribution in [0, 0.1) is 12.8 Å². The summed E-state index contributed by atoms with van der Waals surface area (Å²) in [5, 5.41) is 0.990. The number of carbonyl (C=O) groups excluding carboxylic acids is 2. The Bertz CT molecular complexity index is 969. The highest BCUT2D eigenvalue weighted by atomic mass is 16.2. The lowest BCUT2D eigenvalue weighted by Gasteiger charge is -2.52. The molecule has 1 aromatic carbocycles. The molecule has 0 aliphatic carbocycles. The summed E-state index contributed by atoms with van der Waals surface area (Å²) in [6, 6.07) is 10.0. The molecule has 0 radical (unpaired) electrons. The van der Waals surface area contributed by atoms with Crippen LogP contribution < -0.4 is 0 Å². The first-order valence-corrected chi connectivity index (χ1v) is 10.7. The van der Waals surface area contributed by atoms with Gasteiger partial charge in [0.05, 0.1) is 12.1 Å². The molecule has 0 saturated carbocycles. The van der Waals surface area contributed by atoms with Crippen LogP contribution in [0.1, 0.15) is 35.8 Å². The Morgan fingerprint density at radius 3 is 2.41 bits per heavy atom. The third-order valence-electron chi connectivity index (χ3n) is 6.68. The second kappa shape index (κ2) is 7.10. The van der Waals surface area contributed by atoms with Crippen LogP contribution in [0.15, 0.2) is 30.3 Å². The van der Waals surface area contributed by atoms with Crippen molar-refractivity contribution in [1.29, 1.82) is 0 Å². The summed E-state index contributed by atoms with van der Waals surface area (Å²) in [6.45, 7) is 8.08. The summed E-state index contributed by atoms with van der Waals surface area (Å²) in [5.74, 6) is 1.01. The number of piperazine rings is 1. The van der Waals surface area contributed by atoms with E-state index in [2.05, 4.69) is 16.8 Å². The molecule has 152 valence electrons. The number of benzene rings is 1. The molecular weight excluding hydrogens is 364 g/mol. The monoisotopic (exact) mass is 392 g/mol. The standard InChI is InChI=1S/C23H28N4O2/c1-15-10-25(11-15)14-22(28)26-12-20-7-6-19(26)13-27(20)23(29)18-5-8-21-17(9-18)4-3-16(2)24-21/h3-5,8-9,15,19-20H,6-7,10-14H2,1-2H3. The number of nitrogens with zero attached hydrogens (tertiary/aromatic N) is 4. The zero-order valence-corrected chi connectivity index (χ0v) is 17.2. The van der Waals surface area contributed by atoms with E-state index in [1.165, 1.54) is 0 Å². The molecule has 29 heavy (non-hydrogen) atoms. The quantitative estimate of drug-likeness (QED) is 0.804. The fourth-order valence-electron chi connectivity index (χ4n) is 5.15. The maximum Gasteiger partial charge on any atom is 0.254 e. The molecule has 4 fully saturated rings. The SMILES string of the molecule is Cc1ccc2cc(C(=O)N3CC4CCC3CN4C(=O)CN3CC(C)C3)ccc2n1. The van der Waals surface area contributed by atoms with Gasteiger partial charge in [-0.3, -0.25) is 19.5 Å². The molecular formula is C23H28N4O2. The van der Waals surface area contributed by atoms with Crippen molar-refractivity contribution in [1.82, 2.24) is 19.7 Å². The highest BCUT2D eigenvalue weighted by Gasteiger charge is 2.43. The van der Waals surface area contributed by atoms with Crippen molar-refractivity contribution in [2.75, 3.05) is 32.7 Å². The Kier molecular flexibility index (Phi) is 4.54. The van der Waals surface area contributed by atoms with Gasteiger partial charge >= 0.3 is 0 Å². The molecule has 1 aromatic heterocycles. The average molecular weight is 393 g/mol. The lowest BCUT2D eigenvalue weighted by atomic mass is 9.89. The number of likely N-dealkylation sites (tertiary alicyclic amines) is 1. The molecule has 4 saturated heterocycles. The van der Waals surface area contributed by atoms with E-state index in [1.54, 1.807) is 0 Å². The zero-order valence-electron chi connectivity index (χ0n) is 17.2. The van der Waals surface area contributed by atoms with Crippen molar-refractivity contribution in [2.24, 2.45) is 5.92 Å². The van der Waals surface area contributed by atoms with Crippen LogP contribution in [0.3, 0.4) is 0 Å². The molecule has 6 nitrogen and oxygen atoms in total. The number of fused-ring (bicyclic) bond motifs is 4. The fraction of sp³-hybridized carbons (Fsp3) is 0.522. The third-order valence-corrected chi connectivity index (χ3v) is 6.68. The van der Waals surface area contributed by atoms with Crippen molar-refractivity contribution in [3.05, 3.63) is 41.6 Å². The maximum atomic E-state index is 13.2. The first kappa shape index (κ1) is 18.6. The number of aromatic nitrogens is 1. The van der Waals surface area contributed by atoms with Gasteiger partial charge in [-0.05, 0) is 49.9 Å². The number of rotatable bonds is 3. The first-order chi connectivity index (χ1) is 14.0. The van der Waals surface area contributed by atoms with Gasteiger partial charge in [-0.15, -0.1) is 0 Å². The minimum absolute atomic E-state index is 0.0749. The van der Waals surface area contributed by atoms with Crippen molar-refractivity contribution in [2.45, 2.75) is 38.8 Å². The average Bonchev–Trinajstić information content (AvgIpc) is 2.71. The van der Waals surface area contributed by atoms with Crippen LogP contribution in [0.2, 0.25) is 0 Å². The fourth-order valence-corrected chi connectivity index (χ4v) is 5.15.